The van der Waals surface area contributed by atoms with Crippen molar-refractivity contribution in [2.24, 2.45) is 0 Å². The number of carbonyl (C=O) groups excluding carboxylic acids is 1. The molecule has 2 aromatic heterocycles. The Labute approximate surface area is 176 Å². The van der Waals surface area contributed by atoms with Crippen LogP contribution in [0, 0.1) is 0 Å². The lowest BCUT2D eigenvalue weighted by molar-refractivity contribution is 0.0930. The molecule has 0 bridgehead atoms. The molecule has 0 saturated heterocycles. The summed E-state index contributed by atoms with van der Waals surface area (Å²) in [5.41, 5.74) is 2.80. The van der Waals surface area contributed by atoms with Crippen LogP contribution in [0.25, 0.3) is 11.3 Å². The topological polar surface area (TPSA) is 57.5 Å². The summed E-state index contributed by atoms with van der Waals surface area (Å²) in [6, 6.07) is 9.09. The Balaban J connectivity index is 1.44. The average Bonchev–Trinajstić information content (AvgIpc) is 3.28. The van der Waals surface area contributed by atoms with Gasteiger partial charge in [0.1, 0.15) is 16.5 Å². The van der Waals surface area contributed by atoms with E-state index in [0.29, 0.717) is 21.6 Å². The number of anilines is 1. The first-order valence-corrected chi connectivity index (χ1v) is 10.5. The number of thiophene rings is 1. The van der Waals surface area contributed by atoms with Gasteiger partial charge in [-0.25, -0.2) is 0 Å². The van der Waals surface area contributed by atoms with Gasteiger partial charge in [0.15, 0.2) is 6.17 Å². The van der Waals surface area contributed by atoms with Gasteiger partial charge in [-0.2, -0.15) is 0 Å². The minimum atomic E-state index is -0.408. The number of amides is 1. The van der Waals surface area contributed by atoms with E-state index < -0.39 is 6.17 Å². The van der Waals surface area contributed by atoms with Crippen molar-refractivity contribution < 1.29 is 9.21 Å². The second-order valence-electron chi connectivity index (χ2n) is 7.08. The van der Waals surface area contributed by atoms with E-state index in [2.05, 4.69) is 22.6 Å². The van der Waals surface area contributed by atoms with Crippen LogP contribution in [0.3, 0.4) is 0 Å². The molecule has 0 spiro atoms. The number of furan rings is 1. The largest absolute Gasteiger partial charge is 0.457 e. The molecular weight excluding hydrogens is 417 g/mol. The molecule has 2 aliphatic rings. The van der Waals surface area contributed by atoms with Crippen LogP contribution in [0.15, 0.2) is 34.7 Å². The highest BCUT2D eigenvalue weighted by atomic mass is 35.5. The quantitative estimate of drug-likeness (QED) is 0.585. The van der Waals surface area contributed by atoms with E-state index in [4.69, 9.17) is 27.6 Å². The van der Waals surface area contributed by atoms with Gasteiger partial charge in [0.05, 0.1) is 15.6 Å². The number of nitrogens with zero attached hydrogens (tertiary/aromatic N) is 1. The molecule has 1 atom stereocenters. The Morgan fingerprint density at radius 2 is 2.04 bits per heavy atom. The maximum atomic E-state index is 12.8. The lowest BCUT2D eigenvalue weighted by Crippen LogP contribution is -2.38. The van der Waals surface area contributed by atoms with E-state index in [1.54, 1.807) is 23.5 Å². The zero-order valence-electron chi connectivity index (χ0n) is 15.0. The van der Waals surface area contributed by atoms with E-state index in [0.717, 1.165) is 35.6 Å². The predicted octanol–water partition coefficient (Wildman–Crippen LogP) is 5.16. The van der Waals surface area contributed by atoms with Crippen molar-refractivity contribution in [2.45, 2.75) is 19.1 Å². The summed E-state index contributed by atoms with van der Waals surface area (Å²) in [6.07, 6.45) is 0.494. The third kappa shape index (κ3) is 3.01. The van der Waals surface area contributed by atoms with Gasteiger partial charge in [-0.3, -0.25) is 4.79 Å². The van der Waals surface area contributed by atoms with Crippen LogP contribution in [-0.2, 0) is 13.0 Å². The second-order valence-corrected chi connectivity index (χ2v) is 9.00. The number of fused-ring (bicyclic) bond motifs is 3. The summed E-state index contributed by atoms with van der Waals surface area (Å²) >= 11 is 13.8. The molecule has 1 unspecified atom stereocenters. The Bertz CT molecular complexity index is 1090. The molecule has 5 rings (SSSR count). The SMILES string of the molecule is CN1CCc2c(sc3c2C(=O)NC(c2ccc(-c4ccc(Cl)c(Cl)c4)o2)N3)C1. The third-order valence-corrected chi connectivity index (χ3v) is 7.03. The number of carbonyl (C=O) groups is 1. The Hall–Kier alpha value is -1.99. The van der Waals surface area contributed by atoms with Crippen LogP contribution in [-0.4, -0.2) is 24.4 Å². The van der Waals surface area contributed by atoms with Crippen molar-refractivity contribution in [2.75, 3.05) is 18.9 Å². The number of benzene rings is 1. The summed E-state index contributed by atoms with van der Waals surface area (Å²) in [5, 5.41) is 8.34. The first kappa shape index (κ1) is 18.1. The molecule has 5 nitrogen and oxygen atoms in total. The average molecular weight is 434 g/mol. The maximum Gasteiger partial charge on any atom is 0.256 e. The fourth-order valence-corrected chi connectivity index (χ4v) is 5.35. The first-order chi connectivity index (χ1) is 13.5. The lowest BCUT2D eigenvalue weighted by Gasteiger charge is -2.26. The molecule has 3 aromatic rings. The van der Waals surface area contributed by atoms with Gasteiger partial charge >= 0.3 is 0 Å². The highest BCUT2D eigenvalue weighted by molar-refractivity contribution is 7.16. The molecule has 4 heterocycles. The monoisotopic (exact) mass is 433 g/mol. The smallest absolute Gasteiger partial charge is 0.256 e. The molecule has 144 valence electrons. The highest BCUT2D eigenvalue weighted by Gasteiger charge is 2.33. The van der Waals surface area contributed by atoms with Crippen molar-refractivity contribution in [3.8, 4) is 11.3 Å². The van der Waals surface area contributed by atoms with Crippen LogP contribution < -0.4 is 10.6 Å². The third-order valence-electron chi connectivity index (χ3n) is 5.14. The highest BCUT2D eigenvalue weighted by Crippen LogP contribution is 2.41. The predicted molar refractivity (Wildman–Crippen MR) is 112 cm³/mol. The fraction of sp³-hybridized carbons (Fsp3) is 0.250. The van der Waals surface area contributed by atoms with Crippen molar-refractivity contribution in [1.29, 1.82) is 0 Å². The summed E-state index contributed by atoms with van der Waals surface area (Å²) < 4.78 is 6.00. The Morgan fingerprint density at radius 1 is 1.18 bits per heavy atom. The number of hydrogen-bond acceptors (Lipinski definition) is 5. The summed E-state index contributed by atoms with van der Waals surface area (Å²) in [4.78, 5) is 16.3. The minimum absolute atomic E-state index is 0.0479. The van der Waals surface area contributed by atoms with Gasteiger partial charge in [-0.05, 0) is 49.4 Å². The fourth-order valence-electron chi connectivity index (χ4n) is 3.70. The molecular formula is C20H17Cl2N3O2S. The number of rotatable bonds is 2. The van der Waals surface area contributed by atoms with Gasteiger partial charge in [0.2, 0.25) is 0 Å². The molecule has 0 aliphatic carbocycles. The summed E-state index contributed by atoms with van der Waals surface area (Å²) in [5.74, 6) is 1.26. The van der Waals surface area contributed by atoms with Crippen molar-refractivity contribution in [3.05, 3.63) is 62.1 Å². The number of nitrogens with one attached hydrogen (secondary N) is 2. The normalized spacial score (nSPS) is 19.0. The van der Waals surface area contributed by atoms with Crippen LogP contribution in [0.5, 0.6) is 0 Å². The maximum absolute atomic E-state index is 12.8. The summed E-state index contributed by atoms with van der Waals surface area (Å²) in [7, 11) is 2.10. The van der Waals surface area contributed by atoms with Gasteiger partial charge in [-0.15, -0.1) is 11.3 Å². The first-order valence-electron chi connectivity index (χ1n) is 8.95. The molecule has 2 N–H and O–H groups in total. The molecule has 1 aromatic carbocycles. The van der Waals surface area contributed by atoms with E-state index in [9.17, 15) is 4.79 Å². The van der Waals surface area contributed by atoms with Crippen molar-refractivity contribution >= 4 is 45.4 Å². The van der Waals surface area contributed by atoms with Crippen molar-refractivity contribution in [3.63, 3.8) is 0 Å². The van der Waals surface area contributed by atoms with Crippen molar-refractivity contribution in [1.82, 2.24) is 10.2 Å². The van der Waals surface area contributed by atoms with Crippen LogP contribution in [0.2, 0.25) is 10.0 Å². The molecule has 0 radical (unpaired) electrons. The zero-order chi connectivity index (χ0) is 19.4. The second kappa shape index (κ2) is 6.81. The molecule has 0 fully saturated rings. The molecule has 28 heavy (non-hydrogen) atoms. The molecule has 8 heteroatoms. The van der Waals surface area contributed by atoms with E-state index >= 15 is 0 Å². The zero-order valence-corrected chi connectivity index (χ0v) is 17.3. The van der Waals surface area contributed by atoms with Crippen LogP contribution in [0.4, 0.5) is 5.00 Å². The molecule has 2 aliphatic heterocycles. The van der Waals surface area contributed by atoms with Gasteiger partial charge < -0.3 is 20.0 Å². The van der Waals surface area contributed by atoms with Gasteiger partial charge in [0, 0.05) is 23.5 Å². The van der Waals surface area contributed by atoms with Gasteiger partial charge in [0.25, 0.3) is 5.91 Å². The Morgan fingerprint density at radius 3 is 2.86 bits per heavy atom. The lowest BCUT2D eigenvalue weighted by atomic mass is 10.0. The van der Waals surface area contributed by atoms with Crippen LogP contribution >= 0.6 is 34.5 Å². The van der Waals surface area contributed by atoms with Gasteiger partial charge in [-0.1, -0.05) is 23.2 Å². The van der Waals surface area contributed by atoms with E-state index in [-0.39, 0.29) is 5.91 Å². The van der Waals surface area contributed by atoms with Crippen LogP contribution in [0.1, 0.15) is 32.7 Å². The molecule has 0 saturated carbocycles. The standard InChI is InChI=1S/C20H17Cl2N3O2S/c1-25-7-6-11-16(9-25)28-20-17(11)19(26)23-18(24-20)15-5-4-14(27-15)10-2-3-12(21)13(22)8-10/h2-5,8,18,24H,6-7,9H2,1H3,(H,23,26). The minimum Gasteiger partial charge on any atom is -0.457 e. The van der Waals surface area contributed by atoms with E-state index in [1.165, 1.54) is 10.4 Å². The summed E-state index contributed by atoms with van der Waals surface area (Å²) in [6.45, 7) is 1.85. The van der Waals surface area contributed by atoms with E-state index in [1.807, 2.05) is 18.2 Å². The number of halogens is 2. The number of hydrogen-bond donors (Lipinski definition) is 2. The number of likely N-dealkylation sites (N-methyl/N-ethyl adjacent to an activating group) is 1. The Kier molecular flexibility index (Phi) is 4.39. The molecule has 1 amide bonds.